The average Bonchev–Trinajstić information content (AvgIpc) is 3.05. The molecule has 26 heavy (non-hydrogen) atoms. The van der Waals surface area contributed by atoms with E-state index in [4.69, 9.17) is 4.74 Å². The summed E-state index contributed by atoms with van der Waals surface area (Å²) in [6.07, 6.45) is 3.25. The smallest absolute Gasteiger partial charge is 0.411 e. The SMILES string of the molecule is Cc1c(Br)ccnc1[C@@H]1CC[C@]2(CCN(C)C2=O)N1C(=O)OC(C)(C)C. The zero-order chi connectivity index (χ0) is 19.3. The van der Waals surface area contributed by atoms with E-state index in [0.717, 1.165) is 15.7 Å². The Morgan fingerprint density at radius 2 is 2.08 bits per heavy atom. The Balaban J connectivity index is 2.06. The number of carbonyl (C=O) groups excluding carboxylic acids is 2. The molecule has 1 aromatic rings. The largest absolute Gasteiger partial charge is 0.444 e. The molecule has 0 aliphatic carbocycles. The van der Waals surface area contributed by atoms with Crippen molar-refractivity contribution in [1.29, 1.82) is 0 Å². The van der Waals surface area contributed by atoms with Gasteiger partial charge in [0, 0.05) is 24.3 Å². The van der Waals surface area contributed by atoms with Crippen LogP contribution in [-0.4, -0.2) is 51.5 Å². The maximum absolute atomic E-state index is 13.1. The molecule has 1 spiro atoms. The Kier molecular flexibility index (Phi) is 4.80. The first-order chi connectivity index (χ1) is 12.1. The highest BCUT2D eigenvalue weighted by Gasteiger charge is 2.59. The molecule has 2 fully saturated rings. The van der Waals surface area contributed by atoms with Gasteiger partial charge in [0.2, 0.25) is 5.91 Å². The van der Waals surface area contributed by atoms with Gasteiger partial charge < -0.3 is 9.64 Å². The van der Waals surface area contributed by atoms with E-state index in [1.54, 1.807) is 23.0 Å². The minimum absolute atomic E-state index is 0.00138. The molecule has 0 N–H and O–H groups in total. The third kappa shape index (κ3) is 3.10. The lowest BCUT2D eigenvalue weighted by molar-refractivity contribution is -0.136. The van der Waals surface area contributed by atoms with Crippen LogP contribution in [0.3, 0.4) is 0 Å². The summed E-state index contributed by atoms with van der Waals surface area (Å²) in [5.74, 6) is -0.00138. The summed E-state index contributed by atoms with van der Waals surface area (Å²) < 4.78 is 6.64. The fourth-order valence-electron chi connectivity index (χ4n) is 4.03. The van der Waals surface area contributed by atoms with Gasteiger partial charge in [-0.15, -0.1) is 0 Å². The van der Waals surface area contributed by atoms with Crippen LogP contribution in [0.25, 0.3) is 0 Å². The summed E-state index contributed by atoms with van der Waals surface area (Å²) in [4.78, 5) is 34.1. The number of halogens is 1. The Bertz CT molecular complexity index is 746. The molecule has 7 heteroatoms. The molecule has 3 rings (SSSR count). The van der Waals surface area contributed by atoms with Crippen LogP contribution in [0.5, 0.6) is 0 Å². The van der Waals surface area contributed by atoms with Crippen molar-refractivity contribution < 1.29 is 14.3 Å². The number of carbonyl (C=O) groups is 2. The molecule has 0 saturated carbocycles. The zero-order valence-corrected chi connectivity index (χ0v) is 17.6. The second-order valence-corrected chi connectivity index (χ2v) is 9.07. The number of hydrogen-bond acceptors (Lipinski definition) is 4. The predicted octanol–water partition coefficient (Wildman–Crippen LogP) is 3.83. The van der Waals surface area contributed by atoms with E-state index in [2.05, 4.69) is 20.9 Å². The number of hydrogen-bond donors (Lipinski definition) is 0. The number of pyridine rings is 1. The average molecular weight is 424 g/mol. The first-order valence-corrected chi connectivity index (χ1v) is 9.75. The molecule has 0 unspecified atom stereocenters. The maximum Gasteiger partial charge on any atom is 0.411 e. The fourth-order valence-corrected chi connectivity index (χ4v) is 4.35. The Morgan fingerprint density at radius 1 is 1.38 bits per heavy atom. The Labute approximate surface area is 163 Å². The topological polar surface area (TPSA) is 62.7 Å². The normalized spacial score (nSPS) is 26.1. The van der Waals surface area contributed by atoms with Crippen LogP contribution < -0.4 is 0 Å². The standard InChI is InChI=1S/C19H26BrN3O3/c1-12-13(20)7-10-21-15(12)14-6-8-19(9-11-22(5)16(19)24)23(14)17(25)26-18(2,3)4/h7,10,14H,6,8-9,11H2,1-5H3/t14-,19+/m0/s1. The Hall–Kier alpha value is -1.63. The third-order valence-electron chi connectivity index (χ3n) is 5.29. The highest BCUT2D eigenvalue weighted by Crippen LogP contribution is 2.48. The van der Waals surface area contributed by atoms with Gasteiger partial charge in [0.15, 0.2) is 0 Å². The summed E-state index contributed by atoms with van der Waals surface area (Å²) in [7, 11) is 1.79. The molecule has 142 valence electrons. The molecule has 2 aliphatic rings. The molecule has 2 atom stereocenters. The van der Waals surface area contributed by atoms with Crippen molar-refractivity contribution in [1.82, 2.24) is 14.8 Å². The van der Waals surface area contributed by atoms with Gasteiger partial charge in [0.1, 0.15) is 11.1 Å². The molecular formula is C19H26BrN3O3. The minimum Gasteiger partial charge on any atom is -0.444 e. The van der Waals surface area contributed by atoms with Crippen molar-refractivity contribution in [3.63, 3.8) is 0 Å². The molecule has 1 aromatic heterocycles. The Morgan fingerprint density at radius 3 is 2.65 bits per heavy atom. The quantitative estimate of drug-likeness (QED) is 0.688. The second-order valence-electron chi connectivity index (χ2n) is 8.22. The van der Waals surface area contributed by atoms with E-state index in [1.165, 1.54) is 0 Å². The lowest BCUT2D eigenvalue weighted by atomic mass is 9.94. The van der Waals surface area contributed by atoms with Crippen LogP contribution in [0, 0.1) is 6.92 Å². The lowest BCUT2D eigenvalue weighted by Gasteiger charge is -2.37. The highest BCUT2D eigenvalue weighted by atomic mass is 79.9. The van der Waals surface area contributed by atoms with Crippen LogP contribution in [0.15, 0.2) is 16.7 Å². The summed E-state index contributed by atoms with van der Waals surface area (Å²) >= 11 is 3.55. The van der Waals surface area contributed by atoms with Crippen molar-refractivity contribution in [3.05, 3.63) is 28.0 Å². The van der Waals surface area contributed by atoms with Crippen LogP contribution in [0.4, 0.5) is 4.79 Å². The van der Waals surface area contributed by atoms with Crippen LogP contribution in [0.2, 0.25) is 0 Å². The van der Waals surface area contributed by atoms with Gasteiger partial charge in [-0.2, -0.15) is 0 Å². The van der Waals surface area contributed by atoms with Crippen molar-refractivity contribution in [2.24, 2.45) is 0 Å². The molecule has 3 heterocycles. The summed E-state index contributed by atoms with van der Waals surface area (Å²) in [5.41, 5.74) is 0.364. The molecule has 2 saturated heterocycles. The number of rotatable bonds is 1. The summed E-state index contributed by atoms with van der Waals surface area (Å²) in [6.45, 7) is 8.15. The van der Waals surface area contributed by atoms with Gasteiger partial charge in [-0.3, -0.25) is 14.7 Å². The minimum atomic E-state index is -0.821. The number of likely N-dealkylation sites (N-methyl/N-ethyl adjacent to an activating group) is 1. The number of amides is 2. The van der Waals surface area contributed by atoms with Crippen molar-refractivity contribution in [2.45, 2.75) is 64.1 Å². The van der Waals surface area contributed by atoms with Crippen LogP contribution in [-0.2, 0) is 9.53 Å². The van der Waals surface area contributed by atoms with Gasteiger partial charge in [-0.05, 0) is 58.6 Å². The summed E-state index contributed by atoms with van der Waals surface area (Å²) in [5, 5.41) is 0. The maximum atomic E-state index is 13.1. The van der Waals surface area contributed by atoms with E-state index in [0.29, 0.717) is 25.8 Å². The van der Waals surface area contributed by atoms with Crippen LogP contribution in [0.1, 0.15) is 57.3 Å². The van der Waals surface area contributed by atoms with Gasteiger partial charge in [-0.1, -0.05) is 15.9 Å². The molecule has 0 bridgehead atoms. The van der Waals surface area contributed by atoms with E-state index in [1.807, 2.05) is 33.8 Å². The number of ether oxygens (including phenoxy) is 1. The van der Waals surface area contributed by atoms with Crippen LogP contribution >= 0.6 is 15.9 Å². The predicted molar refractivity (Wildman–Crippen MR) is 102 cm³/mol. The van der Waals surface area contributed by atoms with Gasteiger partial charge >= 0.3 is 6.09 Å². The van der Waals surface area contributed by atoms with Crippen molar-refractivity contribution in [3.8, 4) is 0 Å². The first kappa shape index (κ1) is 19.1. The summed E-state index contributed by atoms with van der Waals surface area (Å²) in [6, 6.07) is 1.62. The number of nitrogens with zero attached hydrogens (tertiary/aromatic N) is 3. The number of likely N-dealkylation sites (tertiary alicyclic amines) is 2. The lowest BCUT2D eigenvalue weighted by Crippen LogP contribution is -2.54. The second kappa shape index (κ2) is 6.51. The van der Waals surface area contributed by atoms with E-state index < -0.39 is 17.2 Å². The van der Waals surface area contributed by atoms with E-state index >= 15 is 0 Å². The zero-order valence-electron chi connectivity index (χ0n) is 16.0. The molecule has 0 radical (unpaired) electrons. The van der Waals surface area contributed by atoms with Crippen molar-refractivity contribution >= 4 is 27.9 Å². The van der Waals surface area contributed by atoms with E-state index in [9.17, 15) is 9.59 Å². The molecule has 2 amide bonds. The molecule has 6 nitrogen and oxygen atoms in total. The van der Waals surface area contributed by atoms with Crippen molar-refractivity contribution in [2.75, 3.05) is 13.6 Å². The van der Waals surface area contributed by atoms with Gasteiger partial charge in [0.25, 0.3) is 0 Å². The highest BCUT2D eigenvalue weighted by molar-refractivity contribution is 9.10. The number of aromatic nitrogens is 1. The third-order valence-corrected chi connectivity index (χ3v) is 6.15. The molecule has 0 aromatic carbocycles. The molecule has 2 aliphatic heterocycles. The first-order valence-electron chi connectivity index (χ1n) is 8.96. The van der Waals surface area contributed by atoms with Gasteiger partial charge in [-0.25, -0.2) is 4.79 Å². The van der Waals surface area contributed by atoms with E-state index in [-0.39, 0.29) is 11.9 Å². The molecular weight excluding hydrogens is 398 g/mol. The van der Waals surface area contributed by atoms with Gasteiger partial charge in [0.05, 0.1) is 11.7 Å². The monoisotopic (exact) mass is 423 g/mol. The fraction of sp³-hybridized carbons (Fsp3) is 0.632.